The summed E-state index contributed by atoms with van der Waals surface area (Å²) in [6, 6.07) is 13.9. The zero-order valence-electron chi connectivity index (χ0n) is 9.98. The van der Waals surface area contributed by atoms with Gasteiger partial charge in [-0.2, -0.15) is 0 Å². The van der Waals surface area contributed by atoms with Gasteiger partial charge in [-0.05, 0) is 11.1 Å². The normalized spacial score (nSPS) is 10.3. The summed E-state index contributed by atoms with van der Waals surface area (Å²) in [5.41, 5.74) is 1.89. The first-order chi connectivity index (χ1) is 9.20. The molecule has 0 radical (unpaired) electrons. The van der Waals surface area contributed by atoms with Gasteiger partial charge in [0.25, 0.3) is 5.69 Å². The number of rotatable bonds is 3. The summed E-state index contributed by atoms with van der Waals surface area (Å²) in [7, 11) is 0. The molecule has 19 heavy (non-hydrogen) atoms. The van der Waals surface area contributed by atoms with Crippen LogP contribution < -0.4 is 0 Å². The SMILES string of the molecule is [C-]#[N+]c1cc([N+](=O)[O-])ccc1C=Cc1ccccc1. The van der Waals surface area contributed by atoms with Crippen LogP contribution in [0.2, 0.25) is 0 Å². The molecular formula is C15H10N2O2. The van der Waals surface area contributed by atoms with Gasteiger partial charge in [0.2, 0.25) is 5.69 Å². The molecule has 0 atom stereocenters. The van der Waals surface area contributed by atoms with Crippen molar-refractivity contribution in [2.45, 2.75) is 0 Å². The Morgan fingerprint density at radius 3 is 2.47 bits per heavy atom. The van der Waals surface area contributed by atoms with Crippen LogP contribution >= 0.6 is 0 Å². The molecule has 0 fully saturated rings. The molecule has 2 aromatic rings. The van der Waals surface area contributed by atoms with E-state index in [0.717, 1.165) is 5.56 Å². The van der Waals surface area contributed by atoms with Gasteiger partial charge in [0.15, 0.2) is 0 Å². The number of benzene rings is 2. The topological polar surface area (TPSA) is 47.5 Å². The first kappa shape index (κ1) is 12.5. The molecule has 4 nitrogen and oxygen atoms in total. The third kappa shape index (κ3) is 3.05. The molecule has 4 heteroatoms. The molecule has 0 saturated heterocycles. The van der Waals surface area contributed by atoms with E-state index < -0.39 is 4.92 Å². The van der Waals surface area contributed by atoms with Crippen molar-refractivity contribution < 1.29 is 4.92 Å². The first-order valence-electron chi connectivity index (χ1n) is 5.60. The summed E-state index contributed by atoms with van der Waals surface area (Å²) < 4.78 is 0. The monoisotopic (exact) mass is 250 g/mol. The lowest BCUT2D eigenvalue weighted by atomic mass is 10.1. The molecule has 0 aromatic heterocycles. The van der Waals surface area contributed by atoms with Crippen LogP contribution in [0.1, 0.15) is 11.1 Å². The fraction of sp³-hybridized carbons (Fsp3) is 0. The largest absolute Gasteiger partial charge is 0.259 e. The van der Waals surface area contributed by atoms with Crippen molar-refractivity contribution in [2.75, 3.05) is 0 Å². The van der Waals surface area contributed by atoms with E-state index in [1.54, 1.807) is 12.1 Å². The average Bonchev–Trinajstić information content (AvgIpc) is 2.45. The summed E-state index contributed by atoms with van der Waals surface area (Å²) >= 11 is 0. The Morgan fingerprint density at radius 2 is 1.84 bits per heavy atom. The number of non-ortho nitro benzene ring substituents is 1. The zero-order valence-corrected chi connectivity index (χ0v) is 9.98. The van der Waals surface area contributed by atoms with E-state index in [-0.39, 0.29) is 11.4 Å². The Morgan fingerprint density at radius 1 is 1.11 bits per heavy atom. The van der Waals surface area contributed by atoms with Gasteiger partial charge in [-0.15, -0.1) is 0 Å². The zero-order chi connectivity index (χ0) is 13.7. The molecule has 0 amide bonds. The van der Waals surface area contributed by atoms with Crippen LogP contribution in [-0.4, -0.2) is 4.92 Å². The molecular weight excluding hydrogens is 240 g/mol. The quantitative estimate of drug-likeness (QED) is 0.352. The van der Waals surface area contributed by atoms with Gasteiger partial charge in [0.1, 0.15) is 0 Å². The average molecular weight is 250 g/mol. The molecule has 0 aliphatic heterocycles. The van der Waals surface area contributed by atoms with Crippen molar-refractivity contribution in [3.63, 3.8) is 0 Å². The second kappa shape index (κ2) is 5.61. The Balaban J connectivity index is 2.34. The lowest BCUT2D eigenvalue weighted by Gasteiger charge is -1.98. The minimum absolute atomic E-state index is 0.0668. The summed E-state index contributed by atoms with van der Waals surface area (Å²) in [5.74, 6) is 0. The van der Waals surface area contributed by atoms with Crippen molar-refractivity contribution in [3.05, 3.63) is 81.2 Å². The van der Waals surface area contributed by atoms with Crippen molar-refractivity contribution in [1.82, 2.24) is 0 Å². The number of hydrogen-bond donors (Lipinski definition) is 0. The third-order valence-electron chi connectivity index (χ3n) is 2.60. The maximum Gasteiger partial charge on any atom is 0.259 e. The summed E-state index contributed by atoms with van der Waals surface area (Å²) in [6.45, 7) is 7.07. The van der Waals surface area contributed by atoms with Gasteiger partial charge in [-0.1, -0.05) is 48.6 Å². The van der Waals surface area contributed by atoms with Crippen LogP contribution in [0.25, 0.3) is 17.0 Å². The maximum absolute atomic E-state index is 10.6. The number of nitrogens with zero attached hydrogens (tertiary/aromatic N) is 2. The predicted molar refractivity (Wildman–Crippen MR) is 74.7 cm³/mol. The number of nitro groups is 1. The Kier molecular flexibility index (Phi) is 3.70. The molecule has 0 spiro atoms. The number of hydrogen-bond acceptors (Lipinski definition) is 2. The van der Waals surface area contributed by atoms with E-state index in [2.05, 4.69) is 4.85 Å². The lowest BCUT2D eigenvalue weighted by molar-refractivity contribution is -0.384. The first-order valence-corrected chi connectivity index (χ1v) is 5.60. The lowest BCUT2D eigenvalue weighted by Crippen LogP contribution is -1.87. The van der Waals surface area contributed by atoms with E-state index in [9.17, 15) is 10.1 Å². The standard InChI is InChI=1S/C15H10N2O2/c1-16-15-11-14(17(18)19)10-9-13(15)8-7-12-5-3-2-4-6-12/h2-11H. The van der Waals surface area contributed by atoms with Crippen molar-refractivity contribution in [3.8, 4) is 0 Å². The van der Waals surface area contributed by atoms with E-state index in [1.807, 2.05) is 36.4 Å². The van der Waals surface area contributed by atoms with Crippen LogP contribution in [-0.2, 0) is 0 Å². The summed E-state index contributed by atoms with van der Waals surface area (Å²) in [5, 5.41) is 10.6. The van der Waals surface area contributed by atoms with Crippen LogP contribution in [0.4, 0.5) is 11.4 Å². The van der Waals surface area contributed by atoms with Crippen LogP contribution in [0.3, 0.4) is 0 Å². The highest BCUT2D eigenvalue weighted by atomic mass is 16.6. The highest BCUT2D eigenvalue weighted by Crippen LogP contribution is 2.26. The van der Waals surface area contributed by atoms with Crippen LogP contribution in [0, 0.1) is 16.7 Å². The van der Waals surface area contributed by atoms with Crippen molar-refractivity contribution in [2.24, 2.45) is 0 Å². The molecule has 92 valence electrons. The molecule has 0 N–H and O–H groups in total. The molecule has 0 aliphatic rings. The Bertz CT molecular complexity index is 670. The fourth-order valence-electron chi connectivity index (χ4n) is 1.63. The van der Waals surface area contributed by atoms with E-state index in [4.69, 9.17) is 6.57 Å². The highest BCUT2D eigenvalue weighted by molar-refractivity contribution is 5.78. The summed E-state index contributed by atoms with van der Waals surface area (Å²) in [6.07, 6.45) is 3.66. The number of nitro benzene ring substituents is 1. The molecule has 0 bridgehead atoms. The third-order valence-corrected chi connectivity index (χ3v) is 2.60. The van der Waals surface area contributed by atoms with Crippen LogP contribution in [0.5, 0.6) is 0 Å². The molecule has 0 saturated carbocycles. The summed E-state index contributed by atoms with van der Waals surface area (Å²) in [4.78, 5) is 13.5. The van der Waals surface area contributed by atoms with Gasteiger partial charge >= 0.3 is 0 Å². The predicted octanol–water partition coefficient (Wildman–Crippen LogP) is 4.32. The van der Waals surface area contributed by atoms with Crippen molar-refractivity contribution >= 4 is 23.5 Å². The van der Waals surface area contributed by atoms with Crippen molar-refractivity contribution in [1.29, 1.82) is 0 Å². The van der Waals surface area contributed by atoms with Crippen LogP contribution in [0.15, 0.2) is 48.5 Å². The highest BCUT2D eigenvalue weighted by Gasteiger charge is 2.08. The maximum atomic E-state index is 10.6. The molecule has 0 unspecified atom stereocenters. The second-order valence-electron chi connectivity index (χ2n) is 3.86. The van der Waals surface area contributed by atoms with E-state index >= 15 is 0 Å². The minimum atomic E-state index is -0.501. The minimum Gasteiger partial charge on any atom is -0.258 e. The van der Waals surface area contributed by atoms with E-state index in [1.165, 1.54) is 12.1 Å². The molecule has 0 aliphatic carbocycles. The fourth-order valence-corrected chi connectivity index (χ4v) is 1.63. The molecule has 2 rings (SSSR count). The molecule has 2 aromatic carbocycles. The van der Waals surface area contributed by atoms with Gasteiger partial charge in [0, 0.05) is 12.1 Å². The van der Waals surface area contributed by atoms with Gasteiger partial charge in [0.05, 0.1) is 11.5 Å². The van der Waals surface area contributed by atoms with Gasteiger partial charge < -0.3 is 0 Å². The Hall–Kier alpha value is -2.93. The van der Waals surface area contributed by atoms with Gasteiger partial charge in [-0.25, -0.2) is 4.85 Å². The molecule has 0 heterocycles. The van der Waals surface area contributed by atoms with Gasteiger partial charge in [-0.3, -0.25) is 10.1 Å². The van der Waals surface area contributed by atoms with E-state index in [0.29, 0.717) is 5.56 Å². The smallest absolute Gasteiger partial charge is 0.258 e. The second-order valence-corrected chi connectivity index (χ2v) is 3.86. The Labute approximate surface area is 110 Å².